The number of nitrogens with one attached hydrogen (secondary N) is 1. The lowest BCUT2D eigenvalue weighted by molar-refractivity contribution is 0.101. The Morgan fingerprint density at radius 1 is 1.24 bits per heavy atom. The van der Waals surface area contributed by atoms with Crippen LogP contribution in [0.1, 0.15) is 56.3 Å². The largest absolute Gasteiger partial charge is 0.295 e. The summed E-state index contributed by atoms with van der Waals surface area (Å²) < 4.78 is 27.6. The van der Waals surface area contributed by atoms with Crippen LogP contribution in [0.15, 0.2) is 29.2 Å². The third kappa shape index (κ3) is 4.14. The number of hydrogen-bond acceptors (Lipinski definition) is 3. The van der Waals surface area contributed by atoms with Crippen molar-refractivity contribution in [3.05, 3.63) is 29.8 Å². The van der Waals surface area contributed by atoms with Crippen LogP contribution in [-0.2, 0) is 10.0 Å². The zero-order valence-corrected chi connectivity index (χ0v) is 13.4. The lowest BCUT2D eigenvalue weighted by Crippen LogP contribution is -2.37. The van der Waals surface area contributed by atoms with Gasteiger partial charge in [0.05, 0.1) is 4.90 Å². The summed E-state index contributed by atoms with van der Waals surface area (Å²) in [4.78, 5) is 11.5. The van der Waals surface area contributed by atoms with E-state index in [9.17, 15) is 13.2 Å². The predicted molar refractivity (Wildman–Crippen MR) is 82.8 cm³/mol. The van der Waals surface area contributed by atoms with Crippen molar-refractivity contribution in [2.75, 3.05) is 0 Å². The van der Waals surface area contributed by atoms with E-state index in [1.165, 1.54) is 25.5 Å². The molecule has 1 aromatic rings. The Balaban J connectivity index is 2.08. The molecule has 1 N–H and O–H groups in total. The van der Waals surface area contributed by atoms with Gasteiger partial charge in [-0.25, -0.2) is 13.1 Å². The number of benzene rings is 1. The van der Waals surface area contributed by atoms with Crippen molar-refractivity contribution in [3.8, 4) is 0 Å². The van der Waals surface area contributed by atoms with Crippen LogP contribution < -0.4 is 4.72 Å². The molecule has 116 valence electrons. The minimum absolute atomic E-state index is 0.0128. The molecule has 1 saturated carbocycles. The Morgan fingerprint density at radius 2 is 1.90 bits per heavy atom. The lowest BCUT2D eigenvalue weighted by Gasteiger charge is -2.28. The molecule has 5 heteroatoms. The first-order valence-electron chi connectivity index (χ1n) is 7.55. The molecular weight excluding hydrogens is 286 g/mol. The van der Waals surface area contributed by atoms with Crippen molar-refractivity contribution < 1.29 is 13.2 Å². The molecule has 0 aromatic heterocycles. The Labute approximate surface area is 127 Å². The molecule has 2 rings (SSSR count). The van der Waals surface area contributed by atoms with Crippen LogP contribution in [0.25, 0.3) is 0 Å². The highest BCUT2D eigenvalue weighted by Crippen LogP contribution is 2.27. The third-order valence-electron chi connectivity index (χ3n) is 4.30. The standard InChI is InChI=1S/C16H23NO3S/c1-3-13-7-9-15(10-8-13)17-21(19,20)16-6-4-5-14(11-16)12(2)18/h4-6,11,13,15,17H,3,7-10H2,1-2H3. The van der Waals surface area contributed by atoms with Gasteiger partial charge in [0.1, 0.15) is 0 Å². The summed E-state index contributed by atoms with van der Waals surface area (Å²) in [6.45, 7) is 3.62. The predicted octanol–water partition coefficient (Wildman–Crippen LogP) is 3.14. The molecule has 1 aliphatic rings. The highest BCUT2D eigenvalue weighted by atomic mass is 32.2. The maximum Gasteiger partial charge on any atom is 0.240 e. The summed E-state index contributed by atoms with van der Waals surface area (Å²) in [5, 5.41) is 0. The van der Waals surface area contributed by atoms with Crippen LogP contribution in [0.3, 0.4) is 0 Å². The number of hydrogen-bond donors (Lipinski definition) is 1. The maximum absolute atomic E-state index is 12.4. The topological polar surface area (TPSA) is 63.2 Å². The van der Waals surface area contributed by atoms with E-state index in [2.05, 4.69) is 11.6 Å². The highest BCUT2D eigenvalue weighted by Gasteiger charge is 2.25. The lowest BCUT2D eigenvalue weighted by atomic mass is 9.85. The van der Waals surface area contributed by atoms with Crippen molar-refractivity contribution in [2.45, 2.75) is 56.9 Å². The van der Waals surface area contributed by atoms with Crippen molar-refractivity contribution in [2.24, 2.45) is 5.92 Å². The van der Waals surface area contributed by atoms with Gasteiger partial charge < -0.3 is 0 Å². The van der Waals surface area contributed by atoms with Crippen LogP contribution in [-0.4, -0.2) is 20.2 Å². The van der Waals surface area contributed by atoms with Gasteiger partial charge in [0.25, 0.3) is 0 Å². The Hall–Kier alpha value is -1.20. The molecule has 0 heterocycles. The van der Waals surface area contributed by atoms with E-state index in [1.54, 1.807) is 12.1 Å². The van der Waals surface area contributed by atoms with Crippen LogP contribution in [0.4, 0.5) is 0 Å². The normalized spacial score (nSPS) is 23.0. The molecule has 4 nitrogen and oxygen atoms in total. The van der Waals surface area contributed by atoms with Gasteiger partial charge in [-0.05, 0) is 50.7 Å². The first-order valence-corrected chi connectivity index (χ1v) is 9.04. The molecular formula is C16H23NO3S. The van der Waals surface area contributed by atoms with Gasteiger partial charge in [0, 0.05) is 11.6 Å². The fraction of sp³-hybridized carbons (Fsp3) is 0.562. The number of rotatable bonds is 5. The molecule has 0 amide bonds. The molecule has 1 fully saturated rings. The van der Waals surface area contributed by atoms with Gasteiger partial charge in [-0.15, -0.1) is 0 Å². The van der Waals surface area contributed by atoms with Gasteiger partial charge in [-0.1, -0.05) is 25.5 Å². The summed E-state index contributed by atoms with van der Waals surface area (Å²) in [6, 6.07) is 6.24. The number of Topliss-reactive ketones (excluding diaryl/α,β-unsaturated/α-hetero) is 1. The summed E-state index contributed by atoms with van der Waals surface area (Å²) in [5.41, 5.74) is 0.424. The van der Waals surface area contributed by atoms with E-state index >= 15 is 0 Å². The molecule has 0 radical (unpaired) electrons. The van der Waals surface area contributed by atoms with Gasteiger partial charge in [0.15, 0.2) is 5.78 Å². The number of carbonyl (C=O) groups is 1. The third-order valence-corrected chi connectivity index (χ3v) is 5.81. The van der Waals surface area contributed by atoms with Crippen LogP contribution >= 0.6 is 0 Å². The smallest absolute Gasteiger partial charge is 0.240 e. The Bertz CT molecular complexity index is 602. The second-order valence-electron chi connectivity index (χ2n) is 5.83. The van der Waals surface area contributed by atoms with Crippen LogP contribution in [0.2, 0.25) is 0 Å². The van der Waals surface area contributed by atoms with E-state index in [1.807, 2.05) is 0 Å². The summed E-state index contributed by atoms with van der Waals surface area (Å²) in [7, 11) is -3.54. The molecule has 0 saturated heterocycles. The SMILES string of the molecule is CCC1CCC(NS(=O)(=O)c2cccc(C(C)=O)c2)CC1. The first kappa shape index (κ1) is 16.2. The van der Waals surface area contributed by atoms with E-state index < -0.39 is 10.0 Å². The van der Waals surface area contributed by atoms with E-state index in [0.717, 1.165) is 31.6 Å². The fourth-order valence-electron chi connectivity index (χ4n) is 2.86. The summed E-state index contributed by atoms with van der Waals surface area (Å²) in [6.07, 6.45) is 5.11. The Kier molecular flexibility index (Phi) is 5.17. The average molecular weight is 309 g/mol. The first-order chi connectivity index (χ1) is 9.92. The minimum atomic E-state index is -3.54. The Morgan fingerprint density at radius 3 is 2.48 bits per heavy atom. The highest BCUT2D eigenvalue weighted by molar-refractivity contribution is 7.89. The van der Waals surface area contributed by atoms with Crippen molar-refractivity contribution in [1.82, 2.24) is 4.72 Å². The van der Waals surface area contributed by atoms with E-state index in [-0.39, 0.29) is 16.7 Å². The quantitative estimate of drug-likeness (QED) is 0.850. The van der Waals surface area contributed by atoms with Gasteiger partial charge in [-0.2, -0.15) is 0 Å². The van der Waals surface area contributed by atoms with Crippen LogP contribution in [0, 0.1) is 5.92 Å². The molecule has 0 unspecified atom stereocenters. The van der Waals surface area contributed by atoms with Crippen LogP contribution in [0.5, 0.6) is 0 Å². The number of sulfonamides is 1. The average Bonchev–Trinajstić information content (AvgIpc) is 2.48. The van der Waals surface area contributed by atoms with E-state index in [0.29, 0.717) is 5.56 Å². The maximum atomic E-state index is 12.4. The summed E-state index contributed by atoms with van der Waals surface area (Å²) in [5.74, 6) is 0.599. The molecule has 0 bridgehead atoms. The number of carbonyl (C=O) groups excluding carboxylic acids is 1. The minimum Gasteiger partial charge on any atom is -0.295 e. The second kappa shape index (κ2) is 6.71. The summed E-state index contributed by atoms with van der Waals surface area (Å²) >= 11 is 0. The van der Waals surface area contributed by atoms with Crippen molar-refractivity contribution in [3.63, 3.8) is 0 Å². The number of ketones is 1. The fourth-order valence-corrected chi connectivity index (χ4v) is 4.21. The van der Waals surface area contributed by atoms with Gasteiger partial charge in [-0.3, -0.25) is 4.79 Å². The van der Waals surface area contributed by atoms with E-state index in [4.69, 9.17) is 0 Å². The molecule has 0 aliphatic heterocycles. The monoisotopic (exact) mass is 309 g/mol. The van der Waals surface area contributed by atoms with Crippen molar-refractivity contribution >= 4 is 15.8 Å². The zero-order valence-electron chi connectivity index (χ0n) is 12.6. The van der Waals surface area contributed by atoms with Crippen molar-refractivity contribution in [1.29, 1.82) is 0 Å². The molecule has 0 atom stereocenters. The van der Waals surface area contributed by atoms with Gasteiger partial charge >= 0.3 is 0 Å². The second-order valence-corrected chi connectivity index (χ2v) is 7.55. The molecule has 21 heavy (non-hydrogen) atoms. The molecule has 1 aromatic carbocycles. The molecule has 0 spiro atoms. The van der Waals surface area contributed by atoms with Gasteiger partial charge in [0.2, 0.25) is 10.0 Å². The molecule has 1 aliphatic carbocycles. The zero-order chi connectivity index (χ0) is 15.5.